The first-order valence-corrected chi connectivity index (χ1v) is 4.93. The summed E-state index contributed by atoms with van der Waals surface area (Å²) in [6.45, 7) is 0.394. The summed E-state index contributed by atoms with van der Waals surface area (Å²) in [6, 6.07) is 0. The smallest absolute Gasteiger partial charge is 0.180 e. The van der Waals surface area contributed by atoms with E-state index >= 15 is 0 Å². The number of rotatable bonds is 4. The molecule has 76 valence electrons. The van der Waals surface area contributed by atoms with Gasteiger partial charge in [-0.15, -0.1) is 0 Å². The molecule has 1 heterocycles. The van der Waals surface area contributed by atoms with Crippen LogP contribution < -0.4 is 5.32 Å². The van der Waals surface area contributed by atoms with Crippen LogP contribution in [0.2, 0.25) is 0 Å². The van der Waals surface area contributed by atoms with Crippen LogP contribution in [-0.4, -0.2) is 29.2 Å². The second-order valence-electron chi connectivity index (χ2n) is 3.79. The number of hydrogen-bond acceptors (Lipinski definition) is 3. The van der Waals surface area contributed by atoms with Crippen LogP contribution in [0.25, 0.3) is 0 Å². The van der Waals surface area contributed by atoms with Crippen molar-refractivity contribution >= 4 is 5.78 Å². The van der Waals surface area contributed by atoms with E-state index in [4.69, 9.17) is 0 Å². The van der Waals surface area contributed by atoms with Gasteiger partial charge in [0.05, 0.1) is 24.0 Å². The van der Waals surface area contributed by atoms with Gasteiger partial charge in [-0.2, -0.15) is 5.10 Å². The van der Waals surface area contributed by atoms with Gasteiger partial charge in [0, 0.05) is 13.0 Å². The molecule has 4 heteroatoms. The monoisotopic (exact) mass is 193 g/mol. The van der Waals surface area contributed by atoms with E-state index in [9.17, 15) is 4.79 Å². The molecular weight excluding hydrogens is 178 g/mol. The number of aromatic nitrogens is 2. The fourth-order valence-electron chi connectivity index (χ4n) is 1.76. The van der Waals surface area contributed by atoms with Gasteiger partial charge in [-0.1, -0.05) is 0 Å². The van der Waals surface area contributed by atoms with Gasteiger partial charge in [0.1, 0.15) is 0 Å². The Labute approximate surface area is 83.3 Å². The molecule has 0 aromatic carbocycles. The quantitative estimate of drug-likeness (QED) is 0.716. The lowest BCUT2D eigenvalue weighted by atomic mass is 10.1. The summed E-state index contributed by atoms with van der Waals surface area (Å²) >= 11 is 0. The molecule has 1 aromatic heterocycles. The number of hydrogen-bond donors (Lipinski definition) is 1. The number of nitrogens with one attached hydrogen (secondary N) is 1. The van der Waals surface area contributed by atoms with Gasteiger partial charge in [0.25, 0.3) is 0 Å². The maximum atomic E-state index is 11.7. The Hall–Kier alpha value is -1.16. The molecule has 1 aliphatic rings. The number of aryl methyl sites for hydroxylation is 1. The van der Waals surface area contributed by atoms with E-state index in [0.717, 1.165) is 11.3 Å². The zero-order valence-electron chi connectivity index (χ0n) is 8.58. The molecule has 0 atom stereocenters. The number of carbonyl (C=O) groups excluding carboxylic acids is 1. The molecule has 0 aliphatic heterocycles. The molecule has 0 spiro atoms. The van der Waals surface area contributed by atoms with Crippen LogP contribution in [0.3, 0.4) is 0 Å². The number of nitrogens with zero attached hydrogens (tertiary/aromatic N) is 2. The molecule has 1 fully saturated rings. The fourth-order valence-corrected chi connectivity index (χ4v) is 1.76. The molecule has 1 aliphatic carbocycles. The summed E-state index contributed by atoms with van der Waals surface area (Å²) in [6.07, 6.45) is 4.08. The highest BCUT2D eigenvalue weighted by molar-refractivity contribution is 5.98. The van der Waals surface area contributed by atoms with Crippen LogP contribution in [-0.2, 0) is 7.05 Å². The molecule has 0 bridgehead atoms. The maximum absolute atomic E-state index is 11.7. The van der Waals surface area contributed by atoms with Crippen molar-refractivity contribution in [2.45, 2.75) is 18.8 Å². The molecule has 0 amide bonds. The third-order valence-electron chi connectivity index (χ3n) is 2.59. The molecule has 2 rings (SSSR count). The van der Waals surface area contributed by atoms with Crippen LogP contribution in [0.1, 0.15) is 34.8 Å². The lowest BCUT2D eigenvalue weighted by Gasteiger charge is -2.03. The van der Waals surface area contributed by atoms with Crippen molar-refractivity contribution in [2.75, 3.05) is 13.6 Å². The lowest BCUT2D eigenvalue weighted by molar-refractivity contribution is 0.0992. The van der Waals surface area contributed by atoms with Crippen LogP contribution in [0.4, 0.5) is 0 Å². The first kappa shape index (κ1) is 9.40. The number of carbonyl (C=O) groups is 1. The average Bonchev–Trinajstić information content (AvgIpc) is 2.90. The zero-order valence-corrected chi connectivity index (χ0v) is 8.58. The topological polar surface area (TPSA) is 46.9 Å². The van der Waals surface area contributed by atoms with Gasteiger partial charge < -0.3 is 5.32 Å². The van der Waals surface area contributed by atoms with E-state index in [0.29, 0.717) is 12.5 Å². The summed E-state index contributed by atoms with van der Waals surface area (Å²) < 4.78 is 1.83. The summed E-state index contributed by atoms with van der Waals surface area (Å²) in [5.74, 6) is 0.709. The predicted molar refractivity (Wildman–Crippen MR) is 53.4 cm³/mol. The Morgan fingerprint density at radius 2 is 2.43 bits per heavy atom. The number of likely N-dealkylation sites (N-methyl/N-ethyl adjacent to an activating group) is 1. The number of Topliss-reactive ketones (excluding diaryl/α,β-unsaturated/α-hetero) is 1. The fraction of sp³-hybridized carbons (Fsp3) is 0.600. The molecule has 1 saturated carbocycles. The first-order valence-electron chi connectivity index (χ1n) is 4.93. The number of ketones is 1. The van der Waals surface area contributed by atoms with Crippen LogP contribution >= 0.6 is 0 Å². The highest BCUT2D eigenvalue weighted by Crippen LogP contribution is 2.41. The molecule has 1 N–H and O–H groups in total. The highest BCUT2D eigenvalue weighted by Gasteiger charge is 2.31. The standard InChI is InChI=1S/C10H15N3O/c1-11-6-9(14)8-5-12-13(2)10(8)7-3-4-7/h5,7,11H,3-4,6H2,1-2H3. The minimum atomic E-state index is 0.141. The van der Waals surface area contributed by atoms with Crippen molar-refractivity contribution in [2.24, 2.45) is 7.05 Å². The van der Waals surface area contributed by atoms with Crippen LogP contribution in [0.5, 0.6) is 0 Å². The summed E-state index contributed by atoms with van der Waals surface area (Å²) in [5.41, 5.74) is 1.91. The largest absolute Gasteiger partial charge is 0.313 e. The molecular formula is C10H15N3O. The van der Waals surface area contributed by atoms with Gasteiger partial charge in [0.15, 0.2) is 5.78 Å². The molecule has 0 unspecified atom stereocenters. The Morgan fingerprint density at radius 1 is 1.71 bits per heavy atom. The SMILES string of the molecule is CNCC(=O)c1cnn(C)c1C1CC1. The van der Waals surface area contributed by atoms with Gasteiger partial charge >= 0.3 is 0 Å². The van der Waals surface area contributed by atoms with Crippen molar-refractivity contribution in [1.82, 2.24) is 15.1 Å². The normalized spacial score (nSPS) is 15.9. The Balaban J connectivity index is 2.28. The van der Waals surface area contributed by atoms with Gasteiger partial charge in [-0.25, -0.2) is 0 Å². The third kappa shape index (κ3) is 1.57. The van der Waals surface area contributed by atoms with Crippen molar-refractivity contribution in [3.05, 3.63) is 17.5 Å². The Kier molecular flexibility index (Phi) is 2.37. The van der Waals surface area contributed by atoms with Crippen LogP contribution in [0.15, 0.2) is 6.20 Å². The second kappa shape index (κ2) is 3.53. The molecule has 0 saturated heterocycles. The van der Waals surface area contributed by atoms with E-state index in [1.807, 2.05) is 11.7 Å². The molecule has 14 heavy (non-hydrogen) atoms. The predicted octanol–water partition coefficient (Wildman–Crippen LogP) is 0.700. The molecule has 1 aromatic rings. The first-order chi connectivity index (χ1) is 6.74. The minimum Gasteiger partial charge on any atom is -0.313 e. The van der Waals surface area contributed by atoms with E-state index in [1.165, 1.54) is 12.8 Å². The second-order valence-corrected chi connectivity index (χ2v) is 3.79. The zero-order chi connectivity index (χ0) is 10.1. The van der Waals surface area contributed by atoms with Crippen molar-refractivity contribution in [3.8, 4) is 0 Å². The van der Waals surface area contributed by atoms with E-state index in [1.54, 1.807) is 13.2 Å². The summed E-state index contributed by atoms with van der Waals surface area (Å²) in [5, 5.41) is 7.02. The van der Waals surface area contributed by atoms with E-state index in [-0.39, 0.29) is 5.78 Å². The van der Waals surface area contributed by atoms with E-state index in [2.05, 4.69) is 10.4 Å². The third-order valence-corrected chi connectivity index (χ3v) is 2.59. The average molecular weight is 193 g/mol. The van der Waals surface area contributed by atoms with Crippen molar-refractivity contribution < 1.29 is 4.79 Å². The highest BCUT2D eigenvalue weighted by atomic mass is 16.1. The van der Waals surface area contributed by atoms with Crippen LogP contribution in [0, 0.1) is 0 Å². The lowest BCUT2D eigenvalue weighted by Crippen LogP contribution is -2.19. The summed E-state index contributed by atoms with van der Waals surface area (Å²) in [7, 11) is 3.69. The van der Waals surface area contributed by atoms with Crippen molar-refractivity contribution in [3.63, 3.8) is 0 Å². The molecule has 4 nitrogen and oxygen atoms in total. The Bertz CT molecular complexity index is 352. The van der Waals surface area contributed by atoms with E-state index < -0.39 is 0 Å². The van der Waals surface area contributed by atoms with Gasteiger partial charge in [0.2, 0.25) is 0 Å². The van der Waals surface area contributed by atoms with Crippen molar-refractivity contribution in [1.29, 1.82) is 0 Å². The summed E-state index contributed by atoms with van der Waals surface area (Å²) in [4.78, 5) is 11.7. The molecule has 0 radical (unpaired) electrons. The van der Waals surface area contributed by atoms with Gasteiger partial charge in [-0.3, -0.25) is 9.48 Å². The minimum absolute atomic E-state index is 0.141. The maximum Gasteiger partial charge on any atom is 0.180 e. The Morgan fingerprint density at radius 3 is 3.00 bits per heavy atom. The van der Waals surface area contributed by atoms with Gasteiger partial charge in [-0.05, 0) is 19.9 Å².